The first kappa shape index (κ1) is 19.1. The van der Waals surface area contributed by atoms with Crippen molar-refractivity contribution in [3.05, 3.63) is 0 Å². The highest BCUT2D eigenvalue weighted by atomic mass is 32.2. The van der Waals surface area contributed by atoms with Gasteiger partial charge < -0.3 is 15.7 Å². The van der Waals surface area contributed by atoms with Crippen LogP contribution in [-0.2, 0) is 4.79 Å². The van der Waals surface area contributed by atoms with Crippen molar-refractivity contribution in [2.24, 2.45) is 5.92 Å². The minimum absolute atomic E-state index is 0.135. The Balaban J connectivity index is 3.59. The fourth-order valence-electron chi connectivity index (χ4n) is 1.70. The van der Waals surface area contributed by atoms with Gasteiger partial charge in [0, 0.05) is 19.0 Å². The first-order valence-electron chi connectivity index (χ1n) is 7.29. The summed E-state index contributed by atoms with van der Waals surface area (Å²) in [6, 6.07) is 0.0444. The quantitative estimate of drug-likeness (QED) is 0.513. The van der Waals surface area contributed by atoms with E-state index in [2.05, 4.69) is 17.6 Å². The minimum Gasteiger partial charge on any atom is -0.481 e. The molecule has 2 unspecified atom stereocenters. The van der Waals surface area contributed by atoms with Gasteiger partial charge in [-0.1, -0.05) is 13.8 Å². The molecule has 6 heteroatoms. The SMILES string of the molecule is CCSCCC(C)NC(=O)NCCC(C)CCC(=O)O. The standard InChI is InChI=1S/C14H28N2O3S/c1-4-20-10-8-12(3)16-14(19)15-9-7-11(2)5-6-13(17)18/h11-12H,4-10H2,1-3H3,(H,17,18)(H2,15,16,19). The number of amides is 2. The summed E-state index contributed by atoms with van der Waals surface area (Å²) in [4.78, 5) is 22.0. The molecule has 0 aliphatic carbocycles. The summed E-state index contributed by atoms with van der Waals surface area (Å²) < 4.78 is 0. The third-order valence-electron chi connectivity index (χ3n) is 3.05. The predicted octanol–water partition coefficient (Wildman–Crippen LogP) is 2.71. The lowest BCUT2D eigenvalue weighted by molar-refractivity contribution is -0.137. The predicted molar refractivity (Wildman–Crippen MR) is 84.3 cm³/mol. The zero-order valence-corrected chi connectivity index (χ0v) is 13.6. The van der Waals surface area contributed by atoms with E-state index in [4.69, 9.17) is 5.11 Å². The van der Waals surface area contributed by atoms with Crippen LogP contribution in [0.5, 0.6) is 0 Å². The molecule has 20 heavy (non-hydrogen) atoms. The highest BCUT2D eigenvalue weighted by Crippen LogP contribution is 2.09. The number of nitrogens with one attached hydrogen (secondary N) is 2. The van der Waals surface area contributed by atoms with Crippen LogP contribution in [0, 0.1) is 5.92 Å². The van der Waals surface area contributed by atoms with E-state index in [1.807, 2.05) is 25.6 Å². The van der Waals surface area contributed by atoms with Crippen molar-refractivity contribution in [3.8, 4) is 0 Å². The minimum atomic E-state index is -0.763. The monoisotopic (exact) mass is 304 g/mol. The molecule has 2 atom stereocenters. The number of hydrogen-bond acceptors (Lipinski definition) is 3. The number of carbonyl (C=O) groups is 2. The van der Waals surface area contributed by atoms with Gasteiger partial charge in [-0.25, -0.2) is 4.79 Å². The summed E-state index contributed by atoms with van der Waals surface area (Å²) in [6.45, 7) is 6.72. The van der Waals surface area contributed by atoms with Crippen LogP contribution in [0.1, 0.15) is 46.5 Å². The van der Waals surface area contributed by atoms with Crippen LogP contribution >= 0.6 is 11.8 Å². The fourth-order valence-corrected chi connectivity index (χ4v) is 2.51. The van der Waals surface area contributed by atoms with Gasteiger partial charge >= 0.3 is 12.0 Å². The van der Waals surface area contributed by atoms with Gasteiger partial charge in [0.25, 0.3) is 0 Å². The van der Waals surface area contributed by atoms with E-state index in [1.54, 1.807) is 0 Å². The molecule has 0 aliphatic heterocycles. The van der Waals surface area contributed by atoms with Crippen LogP contribution in [0.15, 0.2) is 0 Å². The lowest BCUT2D eigenvalue weighted by Crippen LogP contribution is -2.41. The summed E-state index contributed by atoms with van der Waals surface area (Å²) in [6.07, 6.45) is 2.63. The molecule has 5 nitrogen and oxygen atoms in total. The molecule has 0 fully saturated rings. The number of thioether (sulfide) groups is 1. The average molecular weight is 304 g/mol. The van der Waals surface area contributed by atoms with E-state index in [0.29, 0.717) is 18.9 Å². The number of carboxylic acids is 1. The van der Waals surface area contributed by atoms with Crippen LogP contribution in [0.25, 0.3) is 0 Å². The summed E-state index contributed by atoms with van der Waals surface area (Å²) >= 11 is 1.87. The summed E-state index contributed by atoms with van der Waals surface area (Å²) in [5.41, 5.74) is 0. The normalized spacial score (nSPS) is 13.6. The lowest BCUT2D eigenvalue weighted by Gasteiger charge is -2.15. The number of carboxylic acid groups (broad SMARTS) is 1. The van der Waals surface area contributed by atoms with Crippen molar-refractivity contribution in [2.45, 2.75) is 52.5 Å². The third kappa shape index (κ3) is 12.1. The Labute approximate surface area is 126 Å². The Morgan fingerprint density at radius 2 is 1.90 bits per heavy atom. The van der Waals surface area contributed by atoms with Gasteiger partial charge in [-0.05, 0) is 43.6 Å². The zero-order chi connectivity index (χ0) is 15.4. The van der Waals surface area contributed by atoms with Crippen molar-refractivity contribution in [2.75, 3.05) is 18.1 Å². The van der Waals surface area contributed by atoms with Crippen molar-refractivity contribution in [3.63, 3.8) is 0 Å². The topological polar surface area (TPSA) is 78.4 Å². The molecular formula is C14H28N2O3S. The average Bonchev–Trinajstić information content (AvgIpc) is 2.36. The number of urea groups is 1. The van der Waals surface area contributed by atoms with Crippen LogP contribution < -0.4 is 10.6 Å². The molecular weight excluding hydrogens is 276 g/mol. The van der Waals surface area contributed by atoms with E-state index < -0.39 is 5.97 Å². The lowest BCUT2D eigenvalue weighted by atomic mass is 10.0. The van der Waals surface area contributed by atoms with Gasteiger partial charge in [0.15, 0.2) is 0 Å². The maximum Gasteiger partial charge on any atom is 0.314 e. The Bertz CT molecular complexity index is 288. The molecule has 0 saturated carbocycles. The molecule has 0 radical (unpaired) electrons. The van der Waals surface area contributed by atoms with Crippen molar-refractivity contribution in [1.82, 2.24) is 10.6 Å². The zero-order valence-electron chi connectivity index (χ0n) is 12.8. The maximum atomic E-state index is 11.6. The van der Waals surface area contributed by atoms with E-state index >= 15 is 0 Å². The van der Waals surface area contributed by atoms with E-state index in [9.17, 15) is 9.59 Å². The third-order valence-corrected chi connectivity index (χ3v) is 3.98. The van der Waals surface area contributed by atoms with Crippen LogP contribution in [0.2, 0.25) is 0 Å². The van der Waals surface area contributed by atoms with E-state index in [-0.39, 0.29) is 18.5 Å². The second-order valence-electron chi connectivity index (χ2n) is 5.11. The van der Waals surface area contributed by atoms with E-state index in [0.717, 1.165) is 24.3 Å². The van der Waals surface area contributed by atoms with Crippen molar-refractivity contribution < 1.29 is 14.7 Å². The molecule has 0 aromatic carbocycles. The smallest absolute Gasteiger partial charge is 0.314 e. The van der Waals surface area contributed by atoms with Gasteiger partial charge in [0.2, 0.25) is 0 Å². The molecule has 3 N–H and O–H groups in total. The molecule has 0 spiro atoms. The Kier molecular flexibility index (Phi) is 11.3. The summed E-state index contributed by atoms with van der Waals surface area (Å²) in [5.74, 6) is 1.71. The van der Waals surface area contributed by atoms with Gasteiger partial charge in [-0.3, -0.25) is 4.79 Å². The molecule has 0 heterocycles. The van der Waals surface area contributed by atoms with Gasteiger partial charge in [-0.15, -0.1) is 0 Å². The molecule has 0 aromatic rings. The van der Waals surface area contributed by atoms with Crippen LogP contribution in [0.3, 0.4) is 0 Å². The Morgan fingerprint density at radius 1 is 1.20 bits per heavy atom. The highest BCUT2D eigenvalue weighted by Gasteiger charge is 2.08. The summed E-state index contributed by atoms with van der Waals surface area (Å²) in [7, 11) is 0. The molecule has 2 amide bonds. The maximum absolute atomic E-state index is 11.6. The van der Waals surface area contributed by atoms with Crippen LogP contribution in [-0.4, -0.2) is 41.2 Å². The largest absolute Gasteiger partial charge is 0.481 e. The molecule has 0 aromatic heterocycles. The van der Waals surface area contributed by atoms with Crippen molar-refractivity contribution >= 4 is 23.8 Å². The second-order valence-corrected chi connectivity index (χ2v) is 6.51. The van der Waals surface area contributed by atoms with Crippen LogP contribution in [0.4, 0.5) is 4.79 Å². The number of rotatable bonds is 11. The highest BCUT2D eigenvalue weighted by molar-refractivity contribution is 7.99. The van der Waals surface area contributed by atoms with E-state index in [1.165, 1.54) is 0 Å². The number of hydrogen-bond donors (Lipinski definition) is 3. The van der Waals surface area contributed by atoms with Gasteiger partial charge in [0.05, 0.1) is 0 Å². The second kappa shape index (κ2) is 11.9. The molecule has 0 bridgehead atoms. The molecule has 0 saturated heterocycles. The first-order chi connectivity index (χ1) is 9.45. The summed E-state index contributed by atoms with van der Waals surface area (Å²) in [5, 5.41) is 14.3. The van der Waals surface area contributed by atoms with Gasteiger partial charge in [0.1, 0.15) is 0 Å². The first-order valence-corrected chi connectivity index (χ1v) is 8.45. The molecule has 0 aliphatic rings. The molecule has 0 rings (SSSR count). The fraction of sp³-hybridized carbons (Fsp3) is 0.857. The Hall–Kier alpha value is -0.910. The molecule has 118 valence electrons. The van der Waals surface area contributed by atoms with Gasteiger partial charge in [-0.2, -0.15) is 11.8 Å². The van der Waals surface area contributed by atoms with Crippen molar-refractivity contribution in [1.29, 1.82) is 0 Å². The number of carbonyl (C=O) groups excluding carboxylic acids is 1. The Morgan fingerprint density at radius 3 is 2.50 bits per heavy atom. The number of aliphatic carboxylic acids is 1.